The number of nitrogens with one attached hydrogen (secondary N) is 1. The van der Waals surface area contributed by atoms with Crippen LogP contribution in [0.1, 0.15) is 32.1 Å². The molecule has 0 amide bonds. The number of methoxy groups -OCH3 is 1. The molecular formula is C18H19NO6. The summed E-state index contributed by atoms with van der Waals surface area (Å²) in [5.74, 6) is 0.363. The molecule has 1 aliphatic rings. The molecule has 0 saturated carbocycles. The van der Waals surface area contributed by atoms with E-state index in [2.05, 4.69) is 4.98 Å². The number of hydrogen-bond acceptors (Lipinski definition) is 6. The fourth-order valence-electron chi connectivity index (χ4n) is 2.70. The van der Waals surface area contributed by atoms with E-state index in [9.17, 15) is 9.59 Å². The number of aromatic nitrogens is 1. The summed E-state index contributed by atoms with van der Waals surface area (Å²) in [6.07, 6.45) is 0. The van der Waals surface area contributed by atoms with Gasteiger partial charge in [-0.15, -0.1) is 0 Å². The smallest absolute Gasteiger partial charge is 0.338 e. The molecule has 2 aromatic rings. The quantitative estimate of drug-likeness (QED) is 0.662. The van der Waals surface area contributed by atoms with Crippen LogP contribution in [0.3, 0.4) is 0 Å². The molecule has 0 saturated heterocycles. The van der Waals surface area contributed by atoms with E-state index in [1.165, 1.54) is 19.2 Å². The summed E-state index contributed by atoms with van der Waals surface area (Å²) >= 11 is 0. The molecule has 0 atom stereocenters. The van der Waals surface area contributed by atoms with Crippen LogP contribution in [0.15, 0.2) is 18.2 Å². The Bertz CT molecular complexity index is 806. The number of aryl methyl sites for hydroxylation is 2. The van der Waals surface area contributed by atoms with Crippen molar-refractivity contribution >= 4 is 11.8 Å². The van der Waals surface area contributed by atoms with Crippen molar-refractivity contribution in [2.24, 2.45) is 0 Å². The lowest BCUT2D eigenvalue weighted by atomic mass is 10.1. The van der Waals surface area contributed by atoms with Gasteiger partial charge in [-0.1, -0.05) is 0 Å². The number of carbonyl (C=O) groups is 2. The minimum absolute atomic E-state index is 0.232. The molecule has 3 rings (SSSR count). The van der Waals surface area contributed by atoms with Crippen LogP contribution < -0.4 is 14.2 Å². The van der Waals surface area contributed by atoms with E-state index >= 15 is 0 Å². The molecule has 2 heterocycles. The van der Waals surface area contributed by atoms with E-state index in [1.54, 1.807) is 13.0 Å². The molecule has 1 aliphatic heterocycles. The average Bonchev–Trinajstić information content (AvgIpc) is 2.96. The maximum atomic E-state index is 12.3. The van der Waals surface area contributed by atoms with Gasteiger partial charge >= 0.3 is 5.97 Å². The SMILES string of the molecule is COc1cc(C(=O)OCC(=O)c2cc(C)[nH]c2C)cc2c1OCCO2. The zero-order chi connectivity index (χ0) is 18.0. The third kappa shape index (κ3) is 3.45. The minimum atomic E-state index is -0.631. The molecule has 132 valence electrons. The number of carbonyl (C=O) groups excluding carboxylic acids is 2. The van der Waals surface area contributed by atoms with Crippen molar-refractivity contribution in [1.29, 1.82) is 0 Å². The van der Waals surface area contributed by atoms with Crippen LogP contribution in [0.25, 0.3) is 0 Å². The Hall–Kier alpha value is -2.96. The van der Waals surface area contributed by atoms with Gasteiger partial charge in [-0.2, -0.15) is 0 Å². The number of Topliss-reactive ketones (excluding diaryl/α,β-unsaturated/α-hetero) is 1. The largest absolute Gasteiger partial charge is 0.493 e. The van der Waals surface area contributed by atoms with Gasteiger partial charge in [0.05, 0.1) is 12.7 Å². The molecule has 0 bridgehead atoms. The fraction of sp³-hybridized carbons (Fsp3) is 0.333. The monoisotopic (exact) mass is 345 g/mol. The molecule has 0 radical (unpaired) electrons. The topological polar surface area (TPSA) is 86.9 Å². The molecule has 0 fully saturated rings. The van der Waals surface area contributed by atoms with Crippen LogP contribution in [0, 0.1) is 13.8 Å². The molecule has 1 N–H and O–H groups in total. The Morgan fingerprint density at radius 3 is 2.60 bits per heavy atom. The third-order valence-corrected chi connectivity index (χ3v) is 3.85. The van der Waals surface area contributed by atoms with Crippen molar-refractivity contribution < 1.29 is 28.5 Å². The first-order valence-corrected chi connectivity index (χ1v) is 7.83. The third-order valence-electron chi connectivity index (χ3n) is 3.85. The molecule has 7 nitrogen and oxygen atoms in total. The number of aromatic amines is 1. The summed E-state index contributed by atoms with van der Waals surface area (Å²) in [6.45, 7) is 4.12. The van der Waals surface area contributed by atoms with Gasteiger partial charge in [-0.25, -0.2) is 4.79 Å². The lowest BCUT2D eigenvalue weighted by Gasteiger charge is -2.21. The zero-order valence-electron chi connectivity index (χ0n) is 14.3. The highest BCUT2D eigenvalue weighted by atomic mass is 16.6. The predicted molar refractivity (Wildman–Crippen MR) is 88.9 cm³/mol. The van der Waals surface area contributed by atoms with E-state index in [4.69, 9.17) is 18.9 Å². The van der Waals surface area contributed by atoms with E-state index in [-0.39, 0.29) is 18.0 Å². The summed E-state index contributed by atoms with van der Waals surface area (Å²) < 4.78 is 21.4. The first-order valence-electron chi connectivity index (χ1n) is 7.83. The highest BCUT2D eigenvalue weighted by molar-refractivity contribution is 6.00. The first-order chi connectivity index (χ1) is 12.0. The van der Waals surface area contributed by atoms with Crippen LogP contribution in [-0.2, 0) is 4.74 Å². The lowest BCUT2D eigenvalue weighted by Crippen LogP contribution is -2.18. The normalized spacial score (nSPS) is 12.6. The van der Waals surface area contributed by atoms with Crippen molar-refractivity contribution in [2.45, 2.75) is 13.8 Å². The summed E-state index contributed by atoms with van der Waals surface area (Å²) in [7, 11) is 1.48. The highest BCUT2D eigenvalue weighted by Gasteiger charge is 2.22. The molecule has 1 aromatic heterocycles. The number of benzene rings is 1. The van der Waals surface area contributed by atoms with Crippen LogP contribution in [-0.4, -0.2) is 43.7 Å². The van der Waals surface area contributed by atoms with Crippen LogP contribution >= 0.6 is 0 Å². The Labute approximate surface area is 144 Å². The first kappa shape index (κ1) is 16.9. The summed E-state index contributed by atoms with van der Waals surface area (Å²) in [5.41, 5.74) is 2.38. The number of ether oxygens (including phenoxy) is 4. The number of hydrogen-bond donors (Lipinski definition) is 1. The summed E-state index contributed by atoms with van der Waals surface area (Å²) in [6, 6.07) is 4.76. The number of ketones is 1. The van der Waals surface area contributed by atoms with Gasteiger partial charge < -0.3 is 23.9 Å². The second kappa shape index (κ2) is 6.88. The number of esters is 1. The van der Waals surface area contributed by atoms with Gasteiger partial charge in [0.25, 0.3) is 0 Å². The zero-order valence-corrected chi connectivity index (χ0v) is 14.3. The van der Waals surface area contributed by atoms with Crippen LogP contribution in [0.4, 0.5) is 0 Å². The molecule has 0 aliphatic carbocycles. The van der Waals surface area contributed by atoms with Crippen molar-refractivity contribution in [2.75, 3.05) is 26.9 Å². The lowest BCUT2D eigenvalue weighted by molar-refractivity contribution is 0.0473. The summed E-state index contributed by atoms with van der Waals surface area (Å²) in [4.78, 5) is 27.5. The van der Waals surface area contributed by atoms with E-state index in [0.717, 1.165) is 11.4 Å². The molecule has 1 aromatic carbocycles. The van der Waals surface area contributed by atoms with Gasteiger partial charge in [-0.05, 0) is 32.0 Å². The van der Waals surface area contributed by atoms with E-state index in [1.807, 2.05) is 6.92 Å². The fourth-order valence-corrected chi connectivity index (χ4v) is 2.70. The van der Waals surface area contributed by atoms with Gasteiger partial charge in [0.1, 0.15) is 13.2 Å². The van der Waals surface area contributed by atoms with Crippen LogP contribution in [0.5, 0.6) is 17.2 Å². The van der Waals surface area contributed by atoms with E-state index in [0.29, 0.717) is 36.0 Å². The Morgan fingerprint density at radius 1 is 1.16 bits per heavy atom. The van der Waals surface area contributed by atoms with E-state index < -0.39 is 5.97 Å². The molecule has 25 heavy (non-hydrogen) atoms. The van der Waals surface area contributed by atoms with Crippen molar-refractivity contribution in [3.05, 3.63) is 40.7 Å². The van der Waals surface area contributed by atoms with Crippen LogP contribution in [0.2, 0.25) is 0 Å². The highest BCUT2D eigenvalue weighted by Crippen LogP contribution is 2.40. The molecule has 0 unspecified atom stereocenters. The maximum absolute atomic E-state index is 12.3. The standard InChI is InChI=1S/C18H19NO6/c1-10-6-13(11(2)19-10)14(20)9-25-18(21)12-7-15(22-3)17-16(8-12)23-4-5-24-17/h6-8,19H,4-5,9H2,1-3H3. The van der Waals surface area contributed by atoms with Crippen molar-refractivity contribution in [1.82, 2.24) is 4.98 Å². The Kier molecular flexibility index (Phi) is 4.65. The number of fused-ring (bicyclic) bond motifs is 1. The van der Waals surface area contributed by atoms with Gasteiger partial charge in [0, 0.05) is 17.0 Å². The molecule has 7 heteroatoms. The van der Waals surface area contributed by atoms with Crippen molar-refractivity contribution in [3.8, 4) is 17.2 Å². The predicted octanol–water partition coefficient (Wildman–Crippen LogP) is 2.45. The average molecular weight is 345 g/mol. The van der Waals surface area contributed by atoms with Gasteiger partial charge in [-0.3, -0.25) is 4.79 Å². The van der Waals surface area contributed by atoms with Crippen molar-refractivity contribution in [3.63, 3.8) is 0 Å². The second-order valence-electron chi connectivity index (χ2n) is 5.69. The minimum Gasteiger partial charge on any atom is -0.493 e. The molecule has 0 spiro atoms. The Balaban J connectivity index is 1.73. The second-order valence-corrected chi connectivity index (χ2v) is 5.69. The maximum Gasteiger partial charge on any atom is 0.338 e. The number of H-pyrrole nitrogens is 1. The Morgan fingerprint density at radius 2 is 1.92 bits per heavy atom. The number of rotatable bonds is 5. The molecular weight excluding hydrogens is 326 g/mol. The summed E-state index contributed by atoms with van der Waals surface area (Å²) in [5, 5.41) is 0. The van der Waals surface area contributed by atoms with Gasteiger partial charge in [0.15, 0.2) is 18.1 Å². The van der Waals surface area contributed by atoms with Gasteiger partial charge in [0.2, 0.25) is 11.5 Å².